The second kappa shape index (κ2) is 11.9. The highest BCUT2D eigenvalue weighted by Gasteiger charge is 2.27. The van der Waals surface area contributed by atoms with Gasteiger partial charge in [0, 0.05) is 31.7 Å². The van der Waals surface area contributed by atoms with E-state index in [9.17, 15) is 9.59 Å². The molecule has 6 nitrogen and oxygen atoms in total. The molecule has 0 aromatic heterocycles. The Morgan fingerprint density at radius 3 is 2.38 bits per heavy atom. The number of piperidine rings is 1. The van der Waals surface area contributed by atoms with Crippen molar-refractivity contribution in [1.82, 2.24) is 10.2 Å². The van der Waals surface area contributed by atoms with Gasteiger partial charge in [-0.3, -0.25) is 19.8 Å². The topological polar surface area (TPSA) is 70.7 Å². The van der Waals surface area contributed by atoms with Crippen LogP contribution in [0, 0.1) is 0 Å². The Labute approximate surface area is 174 Å². The van der Waals surface area contributed by atoms with Gasteiger partial charge in [0.25, 0.3) is 0 Å². The van der Waals surface area contributed by atoms with Gasteiger partial charge in [0.15, 0.2) is 0 Å². The third-order valence-electron chi connectivity index (χ3n) is 5.89. The first-order valence-corrected chi connectivity index (χ1v) is 11.2. The number of nitrogens with zero attached hydrogens (tertiary/aromatic N) is 1. The summed E-state index contributed by atoms with van der Waals surface area (Å²) in [6.45, 7) is 6.19. The van der Waals surface area contributed by atoms with E-state index in [1.807, 2.05) is 24.3 Å². The normalized spacial score (nSPS) is 20.5. The number of morpholine rings is 1. The number of anilines is 1. The van der Waals surface area contributed by atoms with Crippen LogP contribution in [-0.2, 0) is 14.3 Å². The first kappa shape index (κ1) is 21.8. The highest BCUT2D eigenvalue weighted by atomic mass is 16.5. The molecule has 1 unspecified atom stereocenters. The van der Waals surface area contributed by atoms with E-state index in [4.69, 9.17) is 4.74 Å². The summed E-state index contributed by atoms with van der Waals surface area (Å²) in [5.74, 6) is -0.543. The van der Waals surface area contributed by atoms with Gasteiger partial charge < -0.3 is 10.1 Å². The van der Waals surface area contributed by atoms with Gasteiger partial charge in [-0.25, -0.2) is 0 Å². The fourth-order valence-corrected chi connectivity index (χ4v) is 4.07. The number of carbonyl (C=O) groups is 2. The number of rotatable bonds is 11. The molecule has 160 valence electrons. The predicted octanol–water partition coefficient (Wildman–Crippen LogP) is 3.29. The first-order chi connectivity index (χ1) is 14.2. The second-order valence-electron chi connectivity index (χ2n) is 8.13. The minimum absolute atomic E-state index is 0.165. The fraction of sp³-hybridized carbons (Fsp3) is 0.652. The van der Waals surface area contributed by atoms with Crippen molar-refractivity contribution in [2.45, 2.75) is 57.3 Å². The fourth-order valence-electron chi connectivity index (χ4n) is 4.07. The first-order valence-electron chi connectivity index (χ1n) is 11.2. The van der Waals surface area contributed by atoms with Gasteiger partial charge >= 0.3 is 0 Å². The van der Waals surface area contributed by atoms with Gasteiger partial charge in [-0.2, -0.15) is 0 Å². The number of imide groups is 1. The molecule has 0 bridgehead atoms. The molecule has 29 heavy (non-hydrogen) atoms. The maximum atomic E-state index is 12.0. The van der Waals surface area contributed by atoms with Crippen LogP contribution < -0.4 is 10.6 Å². The van der Waals surface area contributed by atoms with Gasteiger partial charge in [0.05, 0.1) is 19.1 Å². The Morgan fingerprint density at radius 1 is 0.966 bits per heavy atom. The van der Waals surface area contributed by atoms with Crippen molar-refractivity contribution in [3.8, 4) is 0 Å². The molecular weight excluding hydrogens is 366 g/mol. The van der Waals surface area contributed by atoms with E-state index in [1.165, 1.54) is 45.1 Å². The highest BCUT2D eigenvalue weighted by Crippen LogP contribution is 2.25. The van der Waals surface area contributed by atoms with E-state index < -0.39 is 0 Å². The number of amides is 2. The van der Waals surface area contributed by atoms with Crippen molar-refractivity contribution < 1.29 is 14.3 Å². The van der Waals surface area contributed by atoms with Crippen LogP contribution in [0.4, 0.5) is 5.69 Å². The molecule has 3 rings (SSSR count). The molecule has 2 aliphatic heterocycles. The summed E-state index contributed by atoms with van der Waals surface area (Å²) in [7, 11) is 0. The Morgan fingerprint density at radius 2 is 1.66 bits per heavy atom. The number of ether oxygens (including phenoxy) is 1. The zero-order chi connectivity index (χ0) is 20.3. The minimum atomic E-state index is -0.204. The Hall–Kier alpha value is -1.92. The maximum Gasteiger partial charge on any atom is 0.234 e. The molecular formula is C23H35N3O3. The van der Waals surface area contributed by atoms with Crippen LogP contribution >= 0.6 is 0 Å². The third-order valence-corrected chi connectivity index (χ3v) is 5.89. The largest absolute Gasteiger partial charge is 0.385 e. The number of nitrogens with one attached hydrogen (secondary N) is 2. The number of hydrogen-bond donors (Lipinski definition) is 2. The molecule has 2 saturated heterocycles. The average Bonchev–Trinajstić information content (AvgIpc) is 2.74. The van der Waals surface area contributed by atoms with E-state index in [0.717, 1.165) is 44.1 Å². The van der Waals surface area contributed by atoms with E-state index in [0.29, 0.717) is 12.8 Å². The van der Waals surface area contributed by atoms with Crippen LogP contribution in [0.1, 0.15) is 62.8 Å². The van der Waals surface area contributed by atoms with Crippen LogP contribution in [-0.4, -0.2) is 56.1 Å². The lowest BCUT2D eigenvalue weighted by atomic mass is 9.90. The highest BCUT2D eigenvalue weighted by molar-refractivity contribution is 6.00. The Balaban J connectivity index is 1.22. The number of carbonyl (C=O) groups excluding carboxylic acids is 2. The van der Waals surface area contributed by atoms with Crippen LogP contribution in [0.25, 0.3) is 0 Å². The van der Waals surface area contributed by atoms with Gasteiger partial charge in [0.1, 0.15) is 0 Å². The molecule has 2 fully saturated rings. The zero-order valence-electron chi connectivity index (χ0n) is 17.5. The number of benzene rings is 1. The smallest absolute Gasteiger partial charge is 0.234 e. The molecule has 1 aromatic rings. The van der Waals surface area contributed by atoms with E-state index in [-0.39, 0.29) is 17.7 Å². The van der Waals surface area contributed by atoms with Crippen molar-refractivity contribution in [1.29, 1.82) is 0 Å². The van der Waals surface area contributed by atoms with Crippen molar-refractivity contribution in [3.05, 3.63) is 29.8 Å². The molecule has 2 aliphatic rings. The molecule has 1 atom stereocenters. The molecule has 2 amide bonds. The monoisotopic (exact) mass is 401 g/mol. The molecule has 6 heteroatoms. The minimum Gasteiger partial charge on any atom is -0.385 e. The van der Waals surface area contributed by atoms with Crippen molar-refractivity contribution in [2.24, 2.45) is 0 Å². The van der Waals surface area contributed by atoms with E-state index in [1.54, 1.807) is 0 Å². The van der Waals surface area contributed by atoms with Crippen LogP contribution in [0.3, 0.4) is 0 Å². The van der Waals surface area contributed by atoms with Crippen molar-refractivity contribution >= 4 is 17.5 Å². The van der Waals surface area contributed by atoms with Gasteiger partial charge in [0.2, 0.25) is 11.8 Å². The Kier molecular flexibility index (Phi) is 8.96. The van der Waals surface area contributed by atoms with Crippen molar-refractivity contribution in [3.63, 3.8) is 0 Å². The quantitative estimate of drug-likeness (QED) is 0.440. The maximum absolute atomic E-state index is 12.0. The number of unbranched alkanes of at least 4 members (excludes halogenated alkanes) is 5. The standard InChI is InChI=1S/C23H35N3O3/c27-22-12-11-21(23(28)25-22)19-7-9-20(10-8-19)24-13-5-3-1-2-4-6-14-26-15-17-29-18-16-26/h7-10,21,24H,1-6,11-18H2,(H,25,27,28). The second-order valence-corrected chi connectivity index (χ2v) is 8.13. The SMILES string of the molecule is O=C1CCC(c2ccc(NCCCCCCCCN3CCOCC3)cc2)C(=O)N1. The zero-order valence-corrected chi connectivity index (χ0v) is 17.5. The van der Waals surface area contributed by atoms with E-state index in [2.05, 4.69) is 15.5 Å². The molecule has 1 aromatic carbocycles. The van der Waals surface area contributed by atoms with Gasteiger partial charge in [-0.15, -0.1) is 0 Å². The Bertz CT molecular complexity index is 641. The predicted molar refractivity (Wildman–Crippen MR) is 115 cm³/mol. The molecule has 0 radical (unpaired) electrons. The summed E-state index contributed by atoms with van der Waals surface area (Å²) in [5.41, 5.74) is 2.07. The summed E-state index contributed by atoms with van der Waals surface area (Å²) in [4.78, 5) is 25.7. The molecule has 0 saturated carbocycles. The van der Waals surface area contributed by atoms with Gasteiger partial charge in [-0.1, -0.05) is 37.8 Å². The number of hydrogen-bond acceptors (Lipinski definition) is 5. The van der Waals surface area contributed by atoms with Gasteiger partial charge in [-0.05, 0) is 43.5 Å². The summed E-state index contributed by atoms with van der Waals surface area (Å²) < 4.78 is 5.38. The summed E-state index contributed by atoms with van der Waals surface area (Å²) >= 11 is 0. The molecule has 2 N–H and O–H groups in total. The van der Waals surface area contributed by atoms with Crippen molar-refractivity contribution in [2.75, 3.05) is 44.7 Å². The average molecular weight is 402 g/mol. The van der Waals surface area contributed by atoms with Crippen LogP contribution in [0.5, 0.6) is 0 Å². The lowest BCUT2D eigenvalue weighted by molar-refractivity contribution is -0.134. The van der Waals surface area contributed by atoms with Crippen LogP contribution in [0.15, 0.2) is 24.3 Å². The lowest BCUT2D eigenvalue weighted by Crippen LogP contribution is -2.39. The van der Waals surface area contributed by atoms with Crippen LogP contribution in [0.2, 0.25) is 0 Å². The third kappa shape index (κ3) is 7.44. The lowest BCUT2D eigenvalue weighted by Gasteiger charge is -2.26. The molecule has 2 heterocycles. The summed E-state index contributed by atoms with van der Waals surface area (Å²) in [6.07, 6.45) is 8.72. The molecule has 0 aliphatic carbocycles. The summed E-state index contributed by atoms with van der Waals surface area (Å²) in [6, 6.07) is 8.06. The van der Waals surface area contributed by atoms with E-state index >= 15 is 0 Å². The summed E-state index contributed by atoms with van der Waals surface area (Å²) in [5, 5.41) is 5.89. The molecule has 0 spiro atoms.